The van der Waals surface area contributed by atoms with Crippen LogP contribution in [0.1, 0.15) is 56.5 Å². The summed E-state index contributed by atoms with van der Waals surface area (Å²) in [4.78, 5) is 12.2. The normalized spacial score (nSPS) is 10.9. The molecule has 0 atom stereocenters. The van der Waals surface area contributed by atoms with Crippen molar-refractivity contribution < 1.29 is 4.74 Å². The largest absolute Gasteiger partial charge is 0.485 e. The highest BCUT2D eigenvalue weighted by atomic mass is 35.5. The lowest BCUT2D eigenvalue weighted by Crippen LogP contribution is -2.05. The molecule has 0 saturated carbocycles. The predicted molar refractivity (Wildman–Crippen MR) is 127 cm³/mol. The predicted octanol–water partition coefficient (Wildman–Crippen LogP) is 6.42. The Morgan fingerprint density at radius 1 is 1.00 bits per heavy atom. The van der Waals surface area contributed by atoms with Crippen molar-refractivity contribution in [1.29, 1.82) is 0 Å². The summed E-state index contributed by atoms with van der Waals surface area (Å²) in [7, 11) is 0. The van der Waals surface area contributed by atoms with E-state index in [0.717, 1.165) is 28.3 Å². The number of aromatic nitrogens is 4. The van der Waals surface area contributed by atoms with Crippen LogP contribution in [-0.2, 0) is 6.61 Å². The minimum absolute atomic E-state index is 0. The number of rotatable bonds is 6. The van der Waals surface area contributed by atoms with E-state index in [4.69, 9.17) is 9.72 Å². The molecule has 160 valence electrons. The van der Waals surface area contributed by atoms with Gasteiger partial charge in [-0.1, -0.05) is 45.9 Å². The molecule has 7 heteroatoms. The highest BCUT2D eigenvalue weighted by molar-refractivity contribution is 5.85. The Labute approximate surface area is 189 Å². The van der Waals surface area contributed by atoms with Crippen LogP contribution in [0.15, 0.2) is 55.1 Å². The van der Waals surface area contributed by atoms with Gasteiger partial charge in [-0.05, 0) is 41.2 Å². The summed E-state index contributed by atoms with van der Waals surface area (Å²) in [6.07, 6.45) is 5.48. The molecule has 0 saturated heterocycles. The maximum Gasteiger partial charge on any atom is 0.146 e. The molecule has 4 aromatic rings. The first-order valence-electron chi connectivity index (χ1n) is 9.75. The molecule has 2 aromatic carbocycles. The second-order valence-electron chi connectivity index (χ2n) is 7.72. The summed E-state index contributed by atoms with van der Waals surface area (Å²) in [6.45, 7) is 9.21. The van der Waals surface area contributed by atoms with Gasteiger partial charge in [0.1, 0.15) is 18.2 Å². The summed E-state index contributed by atoms with van der Waals surface area (Å²) in [5.74, 6) is 2.63. The molecule has 0 spiro atoms. The van der Waals surface area contributed by atoms with Crippen LogP contribution in [-0.4, -0.2) is 19.5 Å². The molecule has 0 fully saturated rings. The summed E-state index contributed by atoms with van der Waals surface area (Å²) >= 11 is 0. The number of halogens is 2. The Balaban J connectivity index is 0.00000160. The Kier molecular flexibility index (Phi) is 7.93. The molecule has 0 aliphatic rings. The SMILES string of the molecule is CC(C)c1cccc(C(C)C)c1OCc1nc2cc(-n3ccnc3)ccc2[nH]1.Cl.Cl. The lowest BCUT2D eigenvalue weighted by Gasteiger charge is -2.19. The maximum atomic E-state index is 6.30. The molecule has 30 heavy (non-hydrogen) atoms. The zero-order valence-corrected chi connectivity index (χ0v) is 19.3. The number of H-pyrrole nitrogens is 1. The Morgan fingerprint density at radius 2 is 1.70 bits per heavy atom. The quantitative estimate of drug-likeness (QED) is 0.371. The molecule has 1 N–H and O–H groups in total. The minimum atomic E-state index is 0. The summed E-state index contributed by atoms with van der Waals surface area (Å²) < 4.78 is 8.27. The molecule has 0 radical (unpaired) electrons. The fraction of sp³-hybridized carbons (Fsp3) is 0.304. The molecule has 0 unspecified atom stereocenters. The highest BCUT2D eigenvalue weighted by Crippen LogP contribution is 2.35. The number of ether oxygens (including phenoxy) is 1. The Bertz CT molecular complexity index is 1060. The van der Waals surface area contributed by atoms with Gasteiger partial charge in [0.15, 0.2) is 0 Å². The smallest absolute Gasteiger partial charge is 0.146 e. The van der Waals surface area contributed by atoms with Gasteiger partial charge in [-0.3, -0.25) is 0 Å². The monoisotopic (exact) mass is 446 g/mol. The van der Waals surface area contributed by atoms with Gasteiger partial charge >= 0.3 is 0 Å². The van der Waals surface area contributed by atoms with Crippen LogP contribution in [0, 0.1) is 0 Å². The second-order valence-corrected chi connectivity index (χ2v) is 7.72. The first-order valence-corrected chi connectivity index (χ1v) is 9.75. The molecule has 2 heterocycles. The number of para-hydroxylation sites is 1. The Hall–Kier alpha value is -2.50. The maximum absolute atomic E-state index is 6.30. The third kappa shape index (κ3) is 4.79. The Morgan fingerprint density at radius 3 is 2.30 bits per heavy atom. The van der Waals surface area contributed by atoms with Gasteiger partial charge in [0.2, 0.25) is 0 Å². The fourth-order valence-electron chi connectivity index (χ4n) is 3.48. The van der Waals surface area contributed by atoms with E-state index in [1.165, 1.54) is 11.1 Å². The molecule has 4 rings (SSSR count). The number of nitrogens with zero attached hydrogens (tertiary/aromatic N) is 3. The zero-order valence-electron chi connectivity index (χ0n) is 17.6. The summed E-state index contributed by atoms with van der Waals surface area (Å²) in [5.41, 5.74) is 5.44. The van der Waals surface area contributed by atoms with Gasteiger partial charge in [0, 0.05) is 18.1 Å². The molecule has 2 aromatic heterocycles. The van der Waals surface area contributed by atoms with E-state index < -0.39 is 0 Å². The van der Waals surface area contributed by atoms with Gasteiger partial charge in [-0.2, -0.15) is 0 Å². The lowest BCUT2D eigenvalue weighted by atomic mass is 9.94. The van der Waals surface area contributed by atoms with E-state index in [2.05, 4.69) is 68.0 Å². The molecule has 0 aliphatic heterocycles. The molecular formula is C23H28Cl2N4O. The van der Waals surface area contributed by atoms with Crippen LogP contribution < -0.4 is 4.74 Å². The van der Waals surface area contributed by atoms with Crippen LogP contribution >= 0.6 is 24.8 Å². The van der Waals surface area contributed by atoms with E-state index in [9.17, 15) is 0 Å². The van der Waals surface area contributed by atoms with E-state index in [-0.39, 0.29) is 24.8 Å². The van der Waals surface area contributed by atoms with E-state index in [1.807, 2.05) is 16.8 Å². The topological polar surface area (TPSA) is 55.7 Å². The number of hydrogen-bond donors (Lipinski definition) is 1. The van der Waals surface area contributed by atoms with E-state index >= 15 is 0 Å². The van der Waals surface area contributed by atoms with Crippen LogP contribution in [0.2, 0.25) is 0 Å². The second kappa shape index (κ2) is 10.0. The standard InChI is InChI=1S/C23H26N4O.2ClH/c1-15(2)18-6-5-7-19(16(3)4)23(18)28-13-22-25-20-9-8-17(12-21(20)26-22)27-11-10-24-14-27;;/h5-12,14-16H,13H2,1-4H3,(H,25,26);2*1H. The minimum Gasteiger partial charge on any atom is -0.485 e. The number of fused-ring (bicyclic) bond motifs is 1. The average Bonchev–Trinajstić information content (AvgIpc) is 3.34. The molecule has 5 nitrogen and oxygen atoms in total. The third-order valence-corrected chi connectivity index (χ3v) is 4.99. The van der Waals surface area contributed by atoms with Crippen molar-refractivity contribution in [2.24, 2.45) is 0 Å². The number of hydrogen-bond acceptors (Lipinski definition) is 3. The molecule has 0 aliphatic carbocycles. The van der Waals surface area contributed by atoms with Crippen molar-refractivity contribution in [1.82, 2.24) is 19.5 Å². The first kappa shape index (κ1) is 23.8. The number of nitrogens with one attached hydrogen (secondary N) is 1. The van der Waals surface area contributed by atoms with Crippen molar-refractivity contribution in [2.45, 2.75) is 46.1 Å². The summed E-state index contributed by atoms with van der Waals surface area (Å²) in [5, 5.41) is 0. The van der Waals surface area contributed by atoms with Crippen molar-refractivity contribution in [3.8, 4) is 11.4 Å². The molecular weight excluding hydrogens is 419 g/mol. The summed E-state index contributed by atoms with van der Waals surface area (Å²) in [6, 6.07) is 12.6. The van der Waals surface area contributed by atoms with Gasteiger partial charge in [0.05, 0.1) is 17.4 Å². The van der Waals surface area contributed by atoms with Crippen LogP contribution in [0.25, 0.3) is 16.7 Å². The van der Waals surface area contributed by atoms with Crippen LogP contribution in [0.5, 0.6) is 5.75 Å². The first-order chi connectivity index (χ1) is 13.5. The van der Waals surface area contributed by atoms with Crippen molar-refractivity contribution in [2.75, 3.05) is 0 Å². The van der Waals surface area contributed by atoms with Gasteiger partial charge in [-0.15, -0.1) is 24.8 Å². The molecule has 0 amide bonds. The zero-order chi connectivity index (χ0) is 19.7. The van der Waals surface area contributed by atoms with Crippen LogP contribution in [0.3, 0.4) is 0 Å². The fourth-order valence-corrected chi connectivity index (χ4v) is 3.48. The highest BCUT2D eigenvalue weighted by Gasteiger charge is 2.16. The van der Waals surface area contributed by atoms with E-state index in [1.54, 1.807) is 12.5 Å². The van der Waals surface area contributed by atoms with Crippen LogP contribution in [0.4, 0.5) is 0 Å². The van der Waals surface area contributed by atoms with Gasteiger partial charge in [-0.25, -0.2) is 9.97 Å². The molecule has 0 bridgehead atoms. The van der Waals surface area contributed by atoms with Crippen molar-refractivity contribution >= 4 is 35.8 Å². The average molecular weight is 447 g/mol. The van der Waals surface area contributed by atoms with Gasteiger partial charge < -0.3 is 14.3 Å². The van der Waals surface area contributed by atoms with Crippen molar-refractivity contribution in [3.05, 3.63) is 72.1 Å². The number of imidazole rings is 2. The number of aromatic amines is 1. The van der Waals surface area contributed by atoms with Gasteiger partial charge in [0.25, 0.3) is 0 Å². The van der Waals surface area contributed by atoms with E-state index in [0.29, 0.717) is 18.4 Å². The third-order valence-electron chi connectivity index (χ3n) is 4.99. The number of benzene rings is 2. The van der Waals surface area contributed by atoms with Crippen molar-refractivity contribution in [3.63, 3.8) is 0 Å². The lowest BCUT2D eigenvalue weighted by molar-refractivity contribution is 0.289.